The zero-order chi connectivity index (χ0) is 37.6. The van der Waals surface area contributed by atoms with Crippen molar-refractivity contribution >= 4 is 28.1 Å². The Hall–Kier alpha value is -4.32. The summed E-state index contributed by atoms with van der Waals surface area (Å²) >= 11 is 0. The third-order valence-electron chi connectivity index (χ3n) is 12.4. The van der Waals surface area contributed by atoms with Gasteiger partial charge in [0.15, 0.2) is 5.78 Å². The Labute approximate surface area is 316 Å². The van der Waals surface area contributed by atoms with Gasteiger partial charge in [-0.2, -0.15) is 15.1 Å². The molecule has 2 fully saturated rings. The molecule has 4 aliphatic heterocycles. The quantitative estimate of drug-likeness (QED) is 0.148. The first-order valence-electron chi connectivity index (χ1n) is 20.2. The van der Waals surface area contributed by atoms with E-state index in [0.29, 0.717) is 69.9 Å². The number of aryl methyl sites for hydroxylation is 2. The minimum absolute atomic E-state index is 0.0203. The maximum atomic E-state index is 15.2. The van der Waals surface area contributed by atoms with Gasteiger partial charge in [0.05, 0.1) is 30.0 Å². The van der Waals surface area contributed by atoms with E-state index in [9.17, 15) is 14.3 Å². The lowest BCUT2D eigenvalue weighted by atomic mass is 9.93. The second-order valence-electron chi connectivity index (χ2n) is 15.9. The average molecular weight is 742 g/mol. The van der Waals surface area contributed by atoms with Gasteiger partial charge < -0.3 is 19.6 Å². The van der Waals surface area contributed by atoms with Crippen molar-refractivity contribution < 1.29 is 23.4 Å². The first-order chi connectivity index (χ1) is 26.2. The predicted octanol–water partition coefficient (Wildman–Crippen LogP) is 7.56. The molecule has 4 aromatic rings. The van der Waals surface area contributed by atoms with Crippen molar-refractivity contribution in [3.05, 3.63) is 64.4 Å². The normalized spacial score (nSPS) is 21.9. The molecule has 4 aliphatic rings. The number of ketones is 1. The topological polar surface area (TPSA) is 99.8 Å². The number of aromatic nitrogens is 4. The Balaban J connectivity index is 1.14. The summed E-state index contributed by atoms with van der Waals surface area (Å²) in [7, 11) is 0. The van der Waals surface area contributed by atoms with E-state index in [1.165, 1.54) is 6.07 Å². The van der Waals surface area contributed by atoms with Crippen molar-refractivity contribution in [2.24, 2.45) is 5.92 Å². The van der Waals surface area contributed by atoms with E-state index < -0.39 is 6.17 Å². The molecule has 54 heavy (non-hydrogen) atoms. The molecule has 1 unspecified atom stereocenters. The van der Waals surface area contributed by atoms with Crippen LogP contribution in [0.4, 0.5) is 20.3 Å². The molecule has 2 aromatic carbocycles. The summed E-state index contributed by atoms with van der Waals surface area (Å²) in [5, 5.41) is 17.2. The number of carbonyl (C=O) groups is 1. The zero-order valence-electron chi connectivity index (χ0n) is 31.9. The summed E-state index contributed by atoms with van der Waals surface area (Å²) < 4.78 is 38.3. The molecule has 288 valence electrons. The van der Waals surface area contributed by atoms with Crippen molar-refractivity contribution in [3.63, 3.8) is 0 Å². The molecule has 10 nitrogen and oxygen atoms in total. The number of fused-ring (bicyclic) bond motifs is 4. The number of hydrogen-bond donors (Lipinski definition) is 1. The molecule has 0 radical (unpaired) electrons. The second kappa shape index (κ2) is 15.1. The third-order valence-corrected chi connectivity index (χ3v) is 12.4. The lowest BCUT2D eigenvalue weighted by Gasteiger charge is -2.35. The van der Waals surface area contributed by atoms with Crippen molar-refractivity contribution in [1.82, 2.24) is 24.6 Å². The molecule has 0 aliphatic carbocycles. The fourth-order valence-electron chi connectivity index (χ4n) is 9.58. The number of benzene rings is 2. The van der Waals surface area contributed by atoms with Gasteiger partial charge in [0.2, 0.25) is 0 Å². The van der Waals surface area contributed by atoms with Gasteiger partial charge in [-0.25, -0.2) is 8.78 Å². The van der Waals surface area contributed by atoms with Crippen LogP contribution in [0.3, 0.4) is 0 Å². The first kappa shape index (κ1) is 36.6. The molecule has 2 aromatic heterocycles. The highest BCUT2D eigenvalue weighted by Gasteiger charge is 2.49. The number of rotatable bonds is 12. The number of Topliss-reactive ketones (excluding diaryl/α,β-unsaturated/α-hetero) is 1. The Morgan fingerprint density at radius 3 is 2.74 bits per heavy atom. The predicted molar refractivity (Wildman–Crippen MR) is 206 cm³/mol. The maximum absolute atomic E-state index is 15.2. The minimum Gasteiger partial charge on any atom is -0.508 e. The standard InChI is InChI=1S/C42H53F2N7O3/c1-4-7-10-27(5-2)39(53)35-20-30-24-49(15-9-17-51(30)47-35)40-33-13-18-48(37-21-31(52)19-28-11-12-34(44)32(6-3)38(28)37)25-36(33)45-41(46-40)54-26-42-14-8-16-50(42)23-29(43)22-42/h11-12,19-21,27,29,52H,4-10,13-18,22-26H2,1-3H3/t27?,29-,42+/m1/s1. The largest absolute Gasteiger partial charge is 0.508 e. The number of hydrogen-bond acceptors (Lipinski definition) is 9. The first-order valence-corrected chi connectivity index (χ1v) is 20.2. The number of unbranched alkanes of at least 4 members (excludes halogenated alkanes) is 1. The Morgan fingerprint density at radius 2 is 1.93 bits per heavy atom. The highest BCUT2D eigenvalue weighted by atomic mass is 19.1. The molecule has 6 heterocycles. The summed E-state index contributed by atoms with van der Waals surface area (Å²) in [5.41, 5.74) is 4.42. The summed E-state index contributed by atoms with van der Waals surface area (Å²) in [6.45, 7) is 10.8. The van der Waals surface area contributed by atoms with E-state index >= 15 is 4.39 Å². The maximum Gasteiger partial charge on any atom is 0.318 e. The van der Waals surface area contributed by atoms with Gasteiger partial charge in [0.1, 0.15) is 35.9 Å². The second-order valence-corrected chi connectivity index (χ2v) is 15.9. The zero-order valence-corrected chi connectivity index (χ0v) is 31.9. The fourth-order valence-corrected chi connectivity index (χ4v) is 9.58. The van der Waals surface area contributed by atoms with E-state index in [1.54, 1.807) is 18.2 Å². The molecule has 0 bridgehead atoms. The Morgan fingerprint density at radius 1 is 1.06 bits per heavy atom. The van der Waals surface area contributed by atoms with E-state index in [1.807, 2.05) is 17.7 Å². The van der Waals surface area contributed by atoms with Crippen molar-refractivity contribution in [1.29, 1.82) is 0 Å². The molecule has 3 atom stereocenters. The molecular formula is C42H53F2N7O3. The van der Waals surface area contributed by atoms with Crippen LogP contribution in [0.25, 0.3) is 10.8 Å². The molecule has 0 saturated carbocycles. The van der Waals surface area contributed by atoms with E-state index in [0.717, 1.165) is 97.3 Å². The lowest BCUT2D eigenvalue weighted by molar-refractivity contribution is 0.0902. The van der Waals surface area contributed by atoms with Gasteiger partial charge in [-0.05, 0) is 80.6 Å². The summed E-state index contributed by atoms with van der Waals surface area (Å²) in [4.78, 5) is 30.4. The van der Waals surface area contributed by atoms with Gasteiger partial charge in [0, 0.05) is 61.2 Å². The molecule has 12 heteroatoms. The van der Waals surface area contributed by atoms with Gasteiger partial charge in [-0.15, -0.1) is 0 Å². The van der Waals surface area contributed by atoms with Crippen LogP contribution < -0.4 is 14.5 Å². The minimum atomic E-state index is -0.865. The van der Waals surface area contributed by atoms with E-state index in [-0.39, 0.29) is 34.8 Å². The summed E-state index contributed by atoms with van der Waals surface area (Å²) in [6.07, 6.45) is 7.24. The van der Waals surface area contributed by atoms with Crippen molar-refractivity contribution in [2.45, 2.75) is 116 Å². The fraction of sp³-hybridized carbons (Fsp3) is 0.571. The van der Waals surface area contributed by atoms with Gasteiger partial charge in [0.25, 0.3) is 0 Å². The van der Waals surface area contributed by atoms with E-state index in [4.69, 9.17) is 19.8 Å². The van der Waals surface area contributed by atoms with Crippen LogP contribution in [0.1, 0.15) is 105 Å². The smallest absolute Gasteiger partial charge is 0.318 e. The number of aromatic hydroxyl groups is 1. The Bertz CT molecular complexity index is 2040. The van der Waals surface area contributed by atoms with Crippen LogP contribution in [0.15, 0.2) is 30.3 Å². The molecule has 1 N–H and O–H groups in total. The van der Waals surface area contributed by atoms with Crippen LogP contribution in [0.5, 0.6) is 11.8 Å². The van der Waals surface area contributed by atoms with Gasteiger partial charge in [-0.1, -0.05) is 39.7 Å². The van der Waals surface area contributed by atoms with Crippen molar-refractivity contribution in [2.75, 3.05) is 42.6 Å². The molecular weight excluding hydrogens is 689 g/mol. The van der Waals surface area contributed by atoms with Crippen LogP contribution in [-0.4, -0.2) is 80.0 Å². The van der Waals surface area contributed by atoms with Gasteiger partial charge >= 0.3 is 6.01 Å². The summed E-state index contributed by atoms with van der Waals surface area (Å²) in [6, 6.07) is 8.86. The van der Waals surface area contributed by atoms with Crippen molar-refractivity contribution in [3.8, 4) is 11.8 Å². The third kappa shape index (κ3) is 6.79. The number of ether oxygens (including phenoxy) is 1. The highest BCUT2D eigenvalue weighted by Crippen LogP contribution is 2.42. The Kier molecular flexibility index (Phi) is 10.2. The number of anilines is 2. The van der Waals surface area contributed by atoms with E-state index in [2.05, 4.69) is 28.5 Å². The average Bonchev–Trinajstić information content (AvgIpc) is 3.80. The molecule has 8 rings (SSSR count). The van der Waals surface area contributed by atoms with Gasteiger partial charge in [-0.3, -0.25) is 14.4 Å². The number of alkyl halides is 1. The number of phenolic OH excluding ortho intramolecular Hbond substituents is 1. The number of halogens is 2. The highest BCUT2D eigenvalue weighted by molar-refractivity contribution is 5.98. The number of phenols is 1. The number of nitrogens with zero attached hydrogens (tertiary/aromatic N) is 7. The molecule has 0 spiro atoms. The summed E-state index contributed by atoms with van der Waals surface area (Å²) in [5.74, 6) is 0.786. The van der Waals surface area contributed by atoms with Crippen LogP contribution in [0, 0.1) is 11.7 Å². The lowest BCUT2D eigenvalue weighted by Crippen LogP contribution is -2.43. The monoisotopic (exact) mass is 741 g/mol. The van der Waals surface area contributed by atoms with Crippen LogP contribution in [0.2, 0.25) is 0 Å². The molecule has 0 amide bonds. The molecule has 2 saturated heterocycles. The number of carbonyl (C=O) groups excluding carboxylic acids is 1. The van der Waals surface area contributed by atoms with Crippen LogP contribution in [-0.2, 0) is 32.5 Å². The SMILES string of the molecule is CCCCC(CC)C(=O)c1cc2n(n1)CCCN(c1nc(OC[C@@]34CCCN3C[C@H](F)C4)nc3c1CCN(c1cc(O)cc4ccc(F)c(CC)c14)C3)C2. The van der Waals surface area contributed by atoms with Crippen LogP contribution >= 0.6 is 0 Å².